The molecule has 1 aromatic carbocycles. The average Bonchev–Trinajstić information content (AvgIpc) is 2.75. The zero-order valence-electron chi connectivity index (χ0n) is 9.31. The summed E-state index contributed by atoms with van der Waals surface area (Å²) in [5.74, 6) is 1.72. The van der Waals surface area contributed by atoms with Gasteiger partial charge in [0, 0.05) is 5.02 Å². The Hall–Kier alpha value is -1.59. The van der Waals surface area contributed by atoms with Crippen LogP contribution in [0, 0.1) is 0 Å². The number of benzene rings is 1. The Morgan fingerprint density at radius 2 is 2.35 bits per heavy atom. The predicted molar refractivity (Wildman–Crippen MR) is 62.8 cm³/mol. The second-order valence-corrected chi connectivity index (χ2v) is 3.82. The van der Waals surface area contributed by atoms with Gasteiger partial charge < -0.3 is 14.6 Å². The lowest BCUT2D eigenvalue weighted by molar-refractivity contribution is 0.242. The Balaban J connectivity index is 1.93. The Bertz CT molecular complexity index is 487. The molecule has 0 bridgehead atoms. The van der Waals surface area contributed by atoms with E-state index in [1.54, 1.807) is 12.1 Å². The first-order chi connectivity index (χ1) is 8.28. The lowest BCUT2D eigenvalue weighted by Gasteiger charge is -2.02. The minimum atomic E-state index is 0.233. The molecule has 0 aliphatic heterocycles. The van der Waals surface area contributed by atoms with E-state index in [1.165, 1.54) is 0 Å². The largest absolute Gasteiger partial charge is 0.484 e. The van der Waals surface area contributed by atoms with Crippen LogP contribution in [0.4, 0.5) is 0 Å². The van der Waals surface area contributed by atoms with Crippen molar-refractivity contribution in [1.82, 2.24) is 15.5 Å². The van der Waals surface area contributed by atoms with Crippen LogP contribution >= 0.6 is 11.6 Å². The van der Waals surface area contributed by atoms with Crippen LogP contribution in [-0.4, -0.2) is 17.2 Å². The van der Waals surface area contributed by atoms with E-state index in [9.17, 15) is 0 Å². The van der Waals surface area contributed by atoms with Crippen molar-refractivity contribution in [3.63, 3.8) is 0 Å². The Morgan fingerprint density at radius 1 is 1.47 bits per heavy atom. The highest BCUT2D eigenvalue weighted by molar-refractivity contribution is 6.30. The lowest BCUT2D eigenvalue weighted by atomic mass is 10.3. The molecule has 2 aromatic rings. The molecule has 2 rings (SSSR count). The zero-order chi connectivity index (χ0) is 12.1. The summed E-state index contributed by atoms with van der Waals surface area (Å²) in [5.41, 5.74) is 0. The van der Waals surface area contributed by atoms with Gasteiger partial charge in [-0.1, -0.05) is 22.8 Å². The number of nitrogens with one attached hydrogen (secondary N) is 1. The monoisotopic (exact) mass is 253 g/mol. The molecule has 0 aliphatic rings. The molecule has 0 amide bonds. The highest BCUT2D eigenvalue weighted by Gasteiger charge is 2.06. The van der Waals surface area contributed by atoms with Crippen molar-refractivity contribution < 1.29 is 9.26 Å². The Labute approximate surface area is 104 Å². The van der Waals surface area contributed by atoms with Gasteiger partial charge >= 0.3 is 0 Å². The molecule has 1 heterocycles. The van der Waals surface area contributed by atoms with E-state index < -0.39 is 0 Å². The van der Waals surface area contributed by atoms with Gasteiger partial charge in [-0.2, -0.15) is 4.98 Å². The SMILES string of the molecule is CNCc1noc(COc2cccc(Cl)c2)n1. The first kappa shape index (κ1) is 11.9. The number of hydrogen-bond donors (Lipinski definition) is 1. The summed E-state index contributed by atoms with van der Waals surface area (Å²) in [6, 6.07) is 7.15. The highest BCUT2D eigenvalue weighted by Crippen LogP contribution is 2.17. The van der Waals surface area contributed by atoms with Gasteiger partial charge in [0.1, 0.15) is 5.75 Å². The molecule has 0 radical (unpaired) electrons. The van der Waals surface area contributed by atoms with Crippen molar-refractivity contribution in [2.24, 2.45) is 0 Å². The fourth-order valence-corrected chi connectivity index (χ4v) is 1.46. The lowest BCUT2D eigenvalue weighted by Crippen LogP contribution is -2.06. The second-order valence-electron chi connectivity index (χ2n) is 3.38. The number of ether oxygens (including phenoxy) is 1. The molecule has 6 heteroatoms. The third-order valence-corrected chi connectivity index (χ3v) is 2.24. The molecule has 1 N–H and O–H groups in total. The quantitative estimate of drug-likeness (QED) is 0.883. The van der Waals surface area contributed by atoms with Gasteiger partial charge in [0.05, 0.1) is 6.54 Å². The summed E-state index contributed by atoms with van der Waals surface area (Å²) < 4.78 is 10.5. The fourth-order valence-electron chi connectivity index (χ4n) is 1.28. The summed E-state index contributed by atoms with van der Waals surface area (Å²) in [6.45, 7) is 0.803. The van der Waals surface area contributed by atoms with Crippen LogP contribution in [0.25, 0.3) is 0 Å². The molecule has 0 fully saturated rings. The van der Waals surface area contributed by atoms with E-state index in [0.717, 1.165) is 0 Å². The van der Waals surface area contributed by atoms with Gasteiger partial charge in [-0.15, -0.1) is 0 Å². The summed E-state index contributed by atoms with van der Waals surface area (Å²) >= 11 is 5.83. The highest BCUT2D eigenvalue weighted by atomic mass is 35.5. The number of rotatable bonds is 5. The molecule has 1 aromatic heterocycles. The average molecular weight is 254 g/mol. The van der Waals surface area contributed by atoms with E-state index in [4.69, 9.17) is 20.9 Å². The minimum absolute atomic E-state index is 0.233. The van der Waals surface area contributed by atoms with Gasteiger partial charge in [-0.05, 0) is 25.2 Å². The molecule has 90 valence electrons. The molecule has 0 aliphatic carbocycles. The van der Waals surface area contributed by atoms with Crippen LogP contribution in [0.2, 0.25) is 5.02 Å². The van der Waals surface area contributed by atoms with E-state index in [-0.39, 0.29) is 6.61 Å². The van der Waals surface area contributed by atoms with E-state index in [0.29, 0.717) is 29.0 Å². The summed E-state index contributed by atoms with van der Waals surface area (Å²) in [6.07, 6.45) is 0. The van der Waals surface area contributed by atoms with Crippen molar-refractivity contribution in [3.8, 4) is 5.75 Å². The molecule has 17 heavy (non-hydrogen) atoms. The van der Waals surface area contributed by atoms with E-state index in [2.05, 4.69) is 15.5 Å². The van der Waals surface area contributed by atoms with Crippen molar-refractivity contribution >= 4 is 11.6 Å². The van der Waals surface area contributed by atoms with Crippen molar-refractivity contribution in [1.29, 1.82) is 0 Å². The van der Waals surface area contributed by atoms with Crippen LogP contribution in [0.15, 0.2) is 28.8 Å². The zero-order valence-corrected chi connectivity index (χ0v) is 10.1. The van der Waals surface area contributed by atoms with Gasteiger partial charge in [0.15, 0.2) is 12.4 Å². The second kappa shape index (κ2) is 5.65. The van der Waals surface area contributed by atoms with Gasteiger partial charge in [0.2, 0.25) is 0 Å². The van der Waals surface area contributed by atoms with Crippen LogP contribution in [0.3, 0.4) is 0 Å². The Morgan fingerprint density at radius 3 is 3.12 bits per heavy atom. The molecule has 5 nitrogen and oxygen atoms in total. The van der Waals surface area contributed by atoms with E-state index in [1.807, 2.05) is 19.2 Å². The number of hydrogen-bond acceptors (Lipinski definition) is 5. The van der Waals surface area contributed by atoms with Crippen molar-refractivity contribution in [2.45, 2.75) is 13.2 Å². The summed E-state index contributed by atoms with van der Waals surface area (Å²) in [4.78, 5) is 4.14. The maximum absolute atomic E-state index is 5.83. The maximum atomic E-state index is 5.83. The number of aromatic nitrogens is 2. The molecule has 0 unspecified atom stereocenters. The van der Waals surface area contributed by atoms with E-state index >= 15 is 0 Å². The van der Waals surface area contributed by atoms with Crippen LogP contribution in [-0.2, 0) is 13.2 Å². The fraction of sp³-hybridized carbons (Fsp3) is 0.273. The molecule has 0 atom stereocenters. The standard InChI is InChI=1S/C11H12ClN3O2/c1-13-6-10-14-11(17-15-10)7-16-9-4-2-3-8(12)5-9/h2-5,13H,6-7H2,1H3. The van der Waals surface area contributed by atoms with Crippen LogP contribution < -0.4 is 10.1 Å². The summed E-state index contributed by atoms with van der Waals surface area (Å²) in [5, 5.41) is 7.35. The number of halogens is 1. The van der Waals surface area contributed by atoms with Crippen LogP contribution in [0.5, 0.6) is 5.75 Å². The molecule has 0 saturated heterocycles. The predicted octanol–water partition coefficient (Wildman–Crippen LogP) is 2.02. The Kier molecular flexibility index (Phi) is 3.95. The smallest absolute Gasteiger partial charge is 0.264 e. The molecular weight excluding hydrogens is 242 g/mol. The molecular formula is C11H12ClN3O2. The van der Waals surface area contributed by atoms with Gasteiger partial charge in [-0.25, -0.2) is 0 Å². The maximum Gasteiger partial charge on any atom is 0.264 e. The van der Waals surface area contributed by atoms with Crippen molar-refractivity contribution in [3.05, 3.63) is 41.0 Å². The van der Waals surface area contributed by atoms with Gasteiger partial charge in [-0.3, -0.25) is 0 Å². The normalized spacial score (nSPS) is 10.5. The summed E-state index contributed by atoms with van der Waals surface area (Å²) in [7, 11) is 1.82. The minimum Gasteiger partial charge on any atom is -0.484 e. The first-order valence-electron chi connectivity index (χ1n) is 5.12. The topological polar surface area (TPSA) is 60.2 Å². The molecule has 0 spiro atoms. The van der Waals surface area contributed by atoms with Gasteiger partial charge in [0.25, 0.3) is 5.89 Å². The third kappa shape index (κ3) is 3.44. The van der Waals surface area contributed by atoms with Crippen LogP contribution in [0.1, 0.15) is 11.7 Å². The van der Waals surface area contributed by atoms with Crippen molar-refractivity contribution in [2.75, 3.05) is 7.05 Å². The molecule has 0 saturated carbocycles. The number of nitrogens with zero attached hydrogens (tertiary/aromatic N) is 2. The third-order valence-electron chi connectivity index (χ3n) is 2.00. The first-order valence-corrected chi connectivity index (χ1v) is 5.50.